The van der Waals surface area contributed by atoms with E-state index in [0.29, 0.717) is 17.1 Å². The molecule has 0 spiro atoms. The van der Waals surface area contributed by atoms with Crippen molar-refractivity contribution in [2.45, 2.75) is 0 Å². The summed E-state index contributed by atoms with van der Waals surface area (Å²) in [6.07, 6.45) is 1.62. The van der Waals surface area contributed by atoms with Crippen LogP contribution in [0.4, 0.5) is 4.39 Å². The molecule has 0 unspecified atom stereocenters. The number of phenols is 2. The van der Waals surface area contributed by atoms with Gasteiger partial charge in [0.15, 0.2) is 0 Å². The summed E-state index contributed by atoms with van der Waals surface area (Å²) >= 11 is 0. The highest BCUT2D eigenvalue weighted by Crippen LogP contribution is 2.27. The first-order valence-corrected chi connectivity index (χ1v) is 5.97. The Morgan fingerprint density at radius 1 is 1.00 bits per heavy atom. The Labute approximate surface area is 114 Å². The molecule has 0 fully saturated rings. The number of rotatable bonds is 2. The van der Waals surface area contributed by atoms with Gasteiger partial charge >= 0.3 is 0 Å². The summed E-state index contributed by atoms with van der Waals surface area (Å²) in [4.78, 5) is 7.14. The van der Waals surface area contributed by atoms with Crippen LogP contribution in [0, 0.1) is 5.82 Å². The molecule has 20 heavy (non-hydrogen) atoms. The van der Waals surface area contributed by atoms with Crippen LogP contribution < -0.4 is 0 Å². The van der Waals surface area contributed by atoms with Crippen molar-refractivity contribution in [3.8, 4) is 34.1 Å². The summed E-state index contributed by atoms with van der Waals surface area (Å²) < 4.78 is 13.7. The number of H-pyrrole nitrogens is 1. The minimum Gasteiger partial charge on any atom is -0.508 e. The van der Waals surface area contributed by atoms with E-state index in [1.54, 1.807) is 30.5 Å². The highest BCUT2D eigenvalue weighted by atomic mass is 19.1. The summed E-state index contributed by atoms with van der Waals surface area (Å²) in [7, 11) is 0. The van der Waals surface area contributed by atoms with Crippen molar-refractivity contribution >= 4 is 0 Å². The average molecular weight is 270 g/mol. The van der Waals surface area contributed by atoms with Gasteiger partial charge in [0.1, 0.15) is 23.1 Å². The van der Waals surface area contributed by atoms with E-state index in [4.69, 9.17) is 0 Å². The largest absolute Gasteiger partial charge is 0.508 e. The monoisotopic (exact) mass is 270 g/mol. The maximum atomic E-state index is 13.7. The van der Waals surface area contributed by atoms with Gasteiger partial charge in [-0.15, -0.1) is 0 Å². The molecule has 3 aromatic rings. The predicted octanol–water partition coefficient (Wildman–Crippen LogP) is 3.29. The number of aromatic hydroxyl groups is 2. The molecule has 5 heteroatoms. The fourth-order valence-corrected chi connectivity index (χ4v) is 1.97. The Bertz CT molecular complexity index is 768. The normalized spacial score (nSPS) is 10.7. The second-order valence-corrected chi connectivity index (χ2v) is 4.35. The highest BCUT2D eigenvalue weighted by Gasteiger charge is 2.11. The Morgan fingerprint density at radius 2 is 1.80 bits per heavy atom. The zero-order chi connectivity index (χ0) is 14.1. The van der Waals surface area contributed by atoms with Crippen LogP contribution in [0.25, 0.3) is 22.6 Å². The standard InChI is InChI=1S/C15H11FN2O2/c16-13-5-4-11(20)7-12(13)15-17-8-14(18-15)9-2-1-3-10(19)6-9/h1-8,19-20H,(H,17,18). The highest BCUT2D eigenvalue weighted by molar-refractivity contribution is 5.66. The molecule has 1 heterocycles. The van der Waals surface area contributed by atoms with Gasteiger partial charge in [0.2, 0.25) is 0 Å². The summed E-state index contributed by atoms with van der Waals surface area (Å²) in [6, 6.07) is 10.4. The van der Waals surface area contributed by atoms with Crippen LogP contribution in [0.2, 0.25) is 0 Å². The lowest BCUT2D eigenvalue weighted by atomic mass is 10.1. The molecule has 0 atom stereocenters. The second-order valence-electron chi connectivity index (χ2n) is 4.35. The van der Waals surface area contributed by atoms with Gasteiger partial charge in [0.25, 0.3) is 0 Å². The summed E-state index contributed by atoms with van der Waals surface area (Å²) in [5.41, 5.74) is 1.49. The van der Waals surface area contributed by atoms with Crippen molar-refractivity contribution in [2.75, 3.05) is 0 Å². The van der Waals surface area contributed by atoms with Crippen molar-refractivity contribution in [2.24, 2.45) is 0 Å². The fraction of sp³-hybridized carbons (Fsp3) is 0. The van der Waals surface area contributed by atoms with Crippen LogP contribution in [0.1, 0.15) is 0 Å². The molecule has 0 radical (unpaired) electrons. The summed E-state index contributed by atoms with van der Waals surface area (Å²) in [5, 5.41) is 18.9. The summed E-state index contributed by atoms with van der Waals surface area (Å²) in [5.74, 6) is -0.0522. The van der Waals surface area contributed by atoms with Crippen molar-refractivity contribution < 1.29 is 14.6 Å². The molecule has 0 aliphatic heterocycles. The van der Waals surface area contributed by atoms with Gasteiger partial charge in [-0.3, -0.25) is 0 Å². The first kappa shape index (κ1) is 12.2. The number of aromatic nitrogens is 2. The quantitative estimate of drug-likeness (QED) is 0.669. The molecular formula is C15H11FN2O2. The molecule has 100 valence electrons. The average Bonchev–Trinajstić information content (AvgIpc) is 2.91. The van der Waals surface area contributed by atoms with Gasteiger partial charge in [0.05, 0.1) is 11.3 Å². The third-order valence-electron chi connectivity index (χ3n) is 2.92. The van der Waals surface area contributed by atoms with Crippen molar-refractivity contribution in [3.05, 3.63) is 54.5 Å². The van der Waals surface area contributed by atoms with Gasteiger partial charge < -0.3 is 15.2 Å². The molecule has 0 aliphatic rings. The topological polar surface area (TPSA) is 69.1 Å². The van der Waals surface area contributed by atoms with E-state index in [1.807, 2.05) is 0 Å². The van der Waals surface area contributed by atoms with Crippen LogP contribution in [0.15, 0.2) is 48.7 Å². The maximum Gasteiger partial charge on any atom is 0.141 e. The number of aromatic amines is 1. The molecule has 1 aromatic heterocycles. The molecule has 0 bridgehead atoms. The van der Waals surface area contributed by atoms with E-state index >= 15 is 0 Å². The fourth-order valence-electron chi connectivity index (χ4n) is 1.97. The third kappa shape index (κ3) is 2.21. The molecule has 0 aliphatic carbocycles. The minimum absolute atomic E-state index is 0.0308. The smallest absolute Gasteiger partial charge is 0.141 e. The van der Waals surface area contributed by atoms with Gasteiger partial charge in [-0.1, -0.05) is 12.1 Å². The summed E-state index contributed by atoms with van der Waals surface area (Å²) in [6.45, 7) is 0. The Morgan fingerprint density at radius 3 is 2.60 bits per heavy atom. The predicted molar refractivity (Wildman–Crippen MR) is 72.7 cm³/mol. The molecule has 0 saturated carbocycles. The number of nitrogens with one attached hydrogen (secondary N) is 1. The van der Waals surface area contributed by atoms with Crippen LogP contribution in [0.5, 0.6) is 11.5 Å². The Hall–Kier alpha value is -2.82. The van der Waals surface area contributed by atoms with Crippen LogP contribution in [-0.4, -0.2) is 20.2 Å². The zero-order valence-electron chi connectivity index (χ0n) is 10.3. The lowest BCUT2D eigenvalue weighted by Gasteiger charge is -2.00. The molecule has 4 nitrogen and oxygen atoms in total. The Balaban J connectivity index is 2.04. The second kappa shape index (κ2) is 4.70. The Kier molecular flexibility index (Phi) is 2.87. The SMILES string of the molecule is Oc1cccc(-c2c[nH]c(-c3cc(O)ccc3F)n2)c1. The molecular weight excluding hydrogens is 259 g/mol. The number of phenolic OH excluding ortho intramolecular Hbond substituents is 2. The van der Waals surface area contributed by atoms with Crippen molar-refractivity contribution in [1.29, 1.82) is 0 Å². The number of hydrogen-bond donors (Lipinski definition) is 3. The lowest BCUT2D eigenvalue weighted by molar-refractivity contribution is 0.473. The van der Waals surface area contributed by atoms with E-state index in [-0.39, 0.29) is 17.1 Å². The molecule has 0 saturated heterocycles. The third-order valence-corrected chi connectivity index (χ3v) is 2.92. The molecule has 3 rings (SSSR count). The molecule has 0 amide bonds. The van der Waals surface area contributed by atoms with Crippen LogP contribution in [-0.2, 0) is 0 Å². The van der Waals surface area contributed by atoms with Gasteiger partial charge in [-0.2, -0.15) is 0 Å². The van der Waals surface area contributed by atoms with Crippen molar-refractivity contribution in [3.63, 3.8) is 0 Å². The zero-order valence-corrected chi connectivity index (χ0v) is 10.3. The molecule has 3 N–H and O–H groups in total. The minimum atomic E-state index is -0.473. The maximum absolute atomic E-state index is 13.7. The first-order valence-electron chi connectivity index (χ1n) is 5.97. The van der Waals surface area contributed by atoms with Crippen LogP contribution >= 0.6 is 0 Å². The van der Waals surface area contributed by atoms with Gasteiger partial charge in [-0.05, 0) is 30.3 Å². The number of hydrogen-bond acceptors (Lipinski definition) is 3. The van der Waals surface area contributed by atoms with E-state index in [2.05, 4.69) is 9.97 Å². The number of halogens is 1. The van der Waals surface area contributed by atoms with E-state index in [1.165, 1.54) is 18.2 Å². The lowest BCUT2D eigenvalue weighted by Crippen LogP contribution is -1.86. The first-order chi connectivity index (χ1) is 9.63. The number of imidazole rings is 1. The molecule has 2 aromatic carbocycles. The van der Waals surface area contributed by atoms with Crippen LogP contribution in [0.3, 0.4) is 0 Å². The van der Waals surface area contributed by atoms with Crippen molar-refractivity contribution in [1.82, 2.24) is 9.97 Å². The van der Waals surface area contributed by atoms with Gasteiger partial charge in [0, 0.05) is 11.8 Å². The van der Waals surface area contributed by atoms with E-state index in [0.717, 1.165) is 0 Å². The van der Waals surface area contributed by atoms with E-state index in [9.17, 15) is 14.6 Å². The van der Waals surface area contributed by atoms with Gasteiger partial charge in [-0.25, -0.2) is 9.37 Å². The number of nitrogens with zero attached hydrogens (tertiary/aromatic N) is 1. The number of benzene rings is 2. The van der Waals surface area contributed by atoms with E-state index < -0.39 is 5.82 Å².